The zero-order valence-electron chi connectivity index (χ0n) is 18.7. The van der Waals surface area contributed by atoms with Crippen molar-refractivity contribution in [3.8, 4) is 5.75 Å². The zero-order valence-corrected chi connectivity index (χ0v) is 19.5. The van der Waals surface area contributed by atoms with Crippen molar-refractivity contribution in [2.45, 2.75) is 37.8 Å². The minimum atomic E-state index is -0.796. The van der Waals surface area contributed by atoms with Gasteiger partial charge in [-0.1, -0.05) is 11.6 Å². The lowest BCUT2D eigenvalue weighted by Crippen LogP contribution is -2.59. The third kappa shape index (κ3) is 5.49. The number of halogens is 1. The second-order valence-electron chi connectivity index (χ2n) is 8.23. The van der Waals surface area contributed by atoms with Crippen LogP contribution in [0.15, 0.2) is 42.6 Å². The summed E-state index contributed by atoms with van der Waals surface area (Å²) in [5.41, 5.74) is 0.666. The first-order valence-electron chi connectivity index (χ1n) is 10.4. The summed E-state index contributed by atoms with van der Waals surface area (Å²) in [5.74, 6) is 0.224. The van der Waals surface area contributed by atoms with E-state index in [4.69, 9.17) is 21.1 Å². The molecule has 32 heavy (non-hydrogen) atoms. The maximum Gasteiger partial charge on any atom is 0.325 e. The monoisotopic (exact) mass is 460 g/mol. The number of carbonyl (C=O) groups is 2. The first kappa shape index (κ1) is 23.8. The van der Waals surface area contributed by atoms with E-state index in [1.165, 1.54) is 7.11 Å². The van der Waals surface area contributed by atoms with E-state index in [-0.39, 0.29) is 24.0 Å². The van der Waals surface area contributed by atoms with Crippen molar-refractivity contribution < 1.29 is 19.1 Å². The number of likely N-dealkylation sites (tertiary alicyclic amines) is 1. The number of carbonyl (C=O) groups excluding carboxylic acids is 2. The Morgan fingerprint density at radius 2 is 1.88 bits per heavy atom. The highest BCUT2D eigenvalue weighted by atomic mass is 35.5. The van der Waals surface area contributed by atoms with Gasteiger partial charge in [-0.3, -0.25) is 14.7 Å². The van der Waals surface area contributed by atoms with Crippen molar-refractivity contribution in [1.29, 1.82) is 0 Å². The lowest BCUT2D eigenvalue weighted by atomic mass is 9.86. The van der Waals surface area contributed by atoms with Crippen LogP contribution in [-0.2, 0) is 9.53 Å². The Bertz CT molecular complexity index is 934. The third-order valence-corrected chi connectivity index (χ3v) is 6.13. The Balaban J connectivity index is 1.79. The number of nitrogens with one attached hydrogen (secondary N) is 2. The number of benzene rings is 1. The molecule has 3 rings (SSSR count). The first-order chi connectivity index (χ1) is 15.2. The van der Waals surface area contributed by atoms with E-state index in [2.05, 4.69) is 20.5 Å². The van der Waals surface area contributed by atoms with Gasteiger partial charge in [-0.2, -0.15) is 0 Å². The number of anilines is 1. The topological polar surface area (TPSA) is 92.8 Å². The Morgan fingerprint density at radius 3 is 2.47 bits per heavy atom. The molecule has 0 bridgehead atoms. The maximum atomic E-state index is 12.7. The zero-order chi connectivity index (χ0) is 23.3. The van der Waals surface area contributed by atoms with Gasteiger partial charge in [0.1, 0.15) is 11.3 Å². The largest absolute Gasteiger partial charge is 0.495 e. The standard InChI is InChI=1S/C23H29ClN4O4/c1-23(2,21(29)32-4)28-12-11-20(18(14-28)19-10-9-17(31-3)13-25-19)27-22(30)26-16-7-5-15(24)6-8-16/h5-10,13,18,20H,11-12,14H2,1-4H3,(H2,26,27,30)/t18-,20+/m0/s1. The van der Waals surface area contributed by atoms with E-state index < -0.39 is 5.54 Å². The number of pyridine rings is 1. The van der Waals surface area contributed by atoms with Gasteiger partial charge in [0.15, 0.2) is 0 Å². The average Bonchev–Trinajstić information content (AvgIpc) is 2.80. The van der Waals surface area contributed by atoms with Crippen LogP contribution in [0.5, 0.6) is 5.75 Å². The normalized spacial score (nSPS) is 19.2. The van der Waals surface area contributed by atoms with Gasteiger partial charge in [-0.15, -0.1) is 0 Å². The van der Waals surface area contributed by atoms with Crippen molar-refractivity contribution in [2.24, 2.45) is 0 Å². The maximum absolute atomic E-state index is 12.7. The van der Waals surface area contributed by atoms with Crippen molar-refractivity contribution in [1.82, 2.24) is 15.2 Å². The molecular weight excluding hydrogens is 432 g/mol. The molecular formula is C23H29ClN4O4. The van der Waals surface area contributed by atoms with E-state index in [1.807, 2.05) is 26.0 Å². The van der Waals surface area contributed by atoms with Crippen LogP contribution in [0.25, 0.3) is 0 Å². The Morgan fingerprint density at radius 1 is 1.16 bits per heavy atom. The predicted octanol–water partition coefficient (Wildman–Crippen LogP) is 3.67. The molecule has 1 saturated heterocycles. The molecule has 1 aliphatic heterocycles. The van der Waals surface area contributed by atoms with Gasteiger partial charge in [-0.05, 0) is 56.7 Å². The fraction of sp³-hybridized carbons (Fsp3) is 0.435. The van der Waals surface area contributed by atoms with Gasteiger partial charge >= 0.3 is 12.0 Å². The molecule has 2 amide bonds. The summed E-state index contributed by atoms with van der Waals surface area (Å²) in [7, 11) is 2.98. The number of urea groups is 1. The summed E-state index contributed by atoms with van der Waals surface area (Å²) in [6.45, 7) is 4.85. The van der Waals surface area contributed by atoms with E-state index in [0.717, 1.165) is 5.69 Å². The van der Waals surface area contributed by atoms with Crippen LogP contribution in [0.4, 0.5) is 10.5 Å². The number of amides is 2. The second kappa shape index (κ2) is 10.2. The number of esters is 1. The van der Waals surface area contributed by atoms with Crippen LogP contribution in [0.2, 0.25) is 5.02 Å². The van der Waals surface area contributed by atoms with Crippen molar-refractivity contribution in [3.05, 3.63) is 53.3 Å². The Hall–Kier alpha value is -2.84. The Labute approximate surface area is 193 Å². The molecule has 0 saturated carbocycles. The molecule has 9 heteroatoms. The molecule has 8 nitrogen and oxygen atoms in total. The van der Waals surface area contributed by atoms with Crippen LogP contribution >= 0.6 is 11.6 Å². The van der Waals surface area contributed by atoms with Gasteiger partial charge in [0.2, 0.25) is 0 Å². The van der Waals surface area contributed by atoms with Crippen LogP contribution in [0.3, 0.4) is 0 Å². The lowest BCUT2D eigenvalue weighted by Gasteiger charge is -2.44. The van der Waals surface area contributed by atoms with Crippen molar-refractivity contribution in [3.63, 3.8) is 0 Å². The smallest absolute Gasteiger partial charge is 0.325 e. The van der Waals surface area contributed by atoms with Gasteiger partial charge in [0.25, 0.3) is 0 Å². The fourth-order valence-corrected chi connectivity index (χ4v) is 4.04. The molecule has 0 unspecified atom stereocenters. The summed E-state index contributed by atoms with van der Waals surface area (Å²) < 4.78 is 10.2. The number of nitrogens with zero attached hydrogens (tertiary/aromatic N) is 2. The van der Waals surface area contributed by atoms with Crippen LogP contribution in [0.1, 0.15) is 31.9 Å². The second-order valence-corrected chi connectivity index (χ2v) is 8.66. The minimum absolute atomic E-state index is 0.130. The molecule has 2 atom stereocenters. The molecule has 0 spiro atoms. The van der Waals surface area contributed by atoms with Gasteiger partial charge in [0, 0.05) is 41.5 Å². The summed E-state index contributed by atoms with van der Waals surface area (Å²) in [6.07, 6.45) is 2.30. The molecule has 1 fully saturated rings. The van der Waals surface area contributed by atoms with E-state index in [9.17, 15) is 9.59 Å². The van der Waals surface area contributed by atoms with Crippen LogP contribution in [-0.4, -0.2) is 60.8 Å². The van der Waals surface area contributed by atoms with Crippen LogP contribution in [0, 0.1) is 0 Å². The molecule has 172 valence electrons. The summed E-state index contributed by atoms with van der Waals surface area (Å²) in [4.78, 5) is 31.7. The average molecular weight is 461 g/mol. The lowest BCUT2D eigenvalue weighted by molar-refractivity contribution is -0.154. The molecule has 0 radical (unpaired) electrons. The highest BCUT2D eigenvalue weighted by Gasteiger charge is 2.42. The third-order valence-electron chi connectivity index (χ3n) is 5.88. The number of rotatable bonds is 6. The fourth-order valence-electron chi connectivity index (χ4n) is 3.91. The molecule has 2 N–H and O–H groups in total. The van der Waals surface area contributed by atoms with Crippen molar-refractivity contribution in [2.75, 3.05) is 32.6 Å². The summed E-state index contributed by atoms with van der Waals surface area (Å²) in [6, 6.07) is 10.2. The first-order valence-corrected chi connectivity index (χ1v) is 10.8. The molecule has 0 aliphatic carbocycles. The minimum Gasteiger partial charge on any atom is -0.495 e. The molecule has 1 aromatic carbocycles. The number of ether oxygens (including phenoxy) is 2. The number of piperidine rings is 1. The van der Waals surface area contributed by atoms with E-state index >= 15 is 0 Å². The molecule has 2 heterocycles. The number of hydrogen-bond donors (Lipinski definition) is 2. The van der Waals surface area contributed by atoms with Gasteiger partial charge in [-0.25, -0.2) is 4.79 Å². The van der Waals surface area contributed by atoms with E-state index in [0.29, 0.717) is 36.0 Å². The number of methoxy groups -OCH3 is 2. The number of aromatic nitrogens is 1. The number of hydrogen-bond acceptors (Lipinski definition) is 6. The molecule has 2 aromatic rings. The predicted molar refractivity (Wildman–Crippen MR) is 123 cm³/mol. The van der Waals surface area contributed by atoms with Gasteiger partial charge in [0.05, 0.1) is 20.4 Å². The molecule has 1 aromatic heterocycles. The quantitative estimate of drug-likeness (QED) is 0.639. The summed E-state index contributed by atoms with van der Waals surface area (Å²) in [5, 5.41) is 6.52. The highest BCUT2D eigenvalue weighted by Crippen LogP contribution is 2.31. The van der Waals surface area contributed by atoms with Crippen molar-refractivity contribution >= 4 is 29.3 Å². The summed E-state index contributed by atoms with van der Waals surface area (Å²) >= 11 is 5.91. The van der Waals surface area contributed by atoms with E-state index in [1.54, 1.807) is 37.6 Å². The SMILES string of the molecule is COC(=O)C(C)(C)N1CC[C@@H](NC(=O)Nc2ccc(Cl)cc2)[C@H](c2ccc(OC)cn2)C1. The molecule has 1 aliphatic rings. The van der Waals surface area contributed by atoms with Gasteiger partial charge < -0.3 is 20.1 Å². The van der Waals surface area contributed by atoms with Crippen LogP contribution < -0.4 is 15.4 Å². The Kier molecular flexibility index (Phi) is 7.58. The highest BCUT2D eigenvalue weighted by molar-refractivity contribution is 6.30.